The minimum Gasteiger partial charge on any atom is -0.268 e. The number of H-pyrrole nitrogens is 1. The second kappa shape index (κ2) is 6.52. The van der Waals surface area contributed by atoms with E-state index < -0.39 is 0 Å². The zero-order chi connectivity index (χ0) is 17.2. The van der Waals surface area contributed by atoms with Crippen LogP contribution in [0, 0.1) is 6.92 Å². The Labute approximate surface area is 148 Å². The van der Waals surface area contributed by atoms with Gasteiger partial charge in [-0.3, -0.25) is 19.4 Å². The molecule has 1 aromatic carbocycles. The lowest BCUT2D eigenvalue weighted by molar-refractivity contribution is 0.810. The van der Waals surface area contributed by atoms with Crippen LogP contribution in [0.3, 0.4) is 0 Å². The Hall–Kier alpha value is -2.93. The lowest BCUT2D eigenvalue weighted by Crippen LogP contribution is -2.22. The van der Waals surface area contributed by atoms with E-state index in [9.17, 15) is 4.79 Å². The Morgan fingerprint density at radius 1 is 1.16 bits per heavy atom. The fourth-order valence-corrected chi connectivity index (χ4v) is 3.53. The van der Waals surface area contributed by atoms with Crippen LogP contribution in [0.15, 0.2) is 64.8 Å². The predicted octanol–water partition coefficient (Wildman–Crippen LogP) is 3.10. The first-order chi connectivity index (χ1) is 12.2. The Morgan fingerprint density at radius 2 is 2.00 bits per heavy atom. The molecule has 0 saturated carbocycles. The van der Waals surface area contributed by atoms with E-state index in [0.717, 1.165) is 16.9 Å². The minimum absolute atomic E-state index is 0.128. The molecule has 0 bridgehead atoms. The molecule has 0 unspecified atom stereocenters. The third-order valence-corrected chi connectivity index (χ3v) is 4.86. The Bertz CT molecular complexity index is 1090. The van der Waals surface area contributed by atoms with Crippen LogP contribution < -0.4 is 5.56 Å². The van der Waals surface area contributed by atoms with E-state index in [1.54, 1.807) is 10.8 Å². The highest BCUT2D eigenvalue weighted by molar-refractivity contribution is 7.98. The number of nitrogens with one attached hydrogen (secondary N) is 1. The third kappa shape index (κ3) is 2.94. The number of aromatic nitrogens is 5. The van der Waals surface area contributed by atoms with Gasteiger partial charge in [-0.1, -0.05) is 36.0 Å². The molecular weight excluding hydrogens is 334 g/mol. The number of aromatic amines is 1. The van der Waals surface area contributed by atoms with Crippen molar-refractivity contribution in [2.75, 3.05) is 0 Å². The maximum absolute atomic E-state index is 13.0. The molecule has 0 atom stereocenters. The molecule has 3 heterocycles. The monoisotopic (exact) mass is 349 g/mol. The summed E-state index contributed by atoms with van der Waals surface area (Å²) in [6.07, 6.45) is 3.28. The van der Waals surface area contributed by atoms with Crippen molar-refractivity contribution in [3.63, 3.8) is 0 Å². The summed E-state index contributed by atoms with van der Waals surface area (Å²) in [6, 6.07) is 13.6. The van der Waals surface area contributed by atoms with Gasteiger partial charge in [-0.05, 0) is 30.7 Å². The SMILES string of the molecule is Cc1ccccc1-n1c(SCc2ccccn2)nc2[nH]ncc2c1=O. The van der Waals surface area contributed by atoms with Crippen molar-refractivity contribution >= 4 is 22.8 Å². The van der Waals surface area contributed by atoms with Crippen molar-refractivity contribution in [3.05, 3.63) is 76.5 Å². The molecule has 3 aromatic heterocycles. The standard InChI is InChI=1S/C18H15N5OS/c1-12-6-2-3-8-15(12)23-17(24)14-10-20-22-16(14)21-18(23)25-11-13-7-4-5-9-19-13/h2-10H,11H2,1H3,(H,20,22). The first-order valence-corrected chi connectivity index (χ1v) is 8.77. The number of fused-ring (bicyclic) bond motifs is 1. The predicted molar refractivity (Wildman–Crippen MR) is 98.0 cm³/mol. The number of aryl methyl sites for hydroxylation is 1. The molecule has 7 heteroatoms. The van der Waals surface area contributed by atoms with Crippen molar-refractivity contribution in [2.45, 2.75) is 17.8 Å². The normalized spacial score (nSPS) is 11.1. The molecule has 25 heavy (non-hydrogen) atoms. The van der Waals surface area contributed by atoms with Crippen LogP contribution in [0.5, 0.6) is 0 Å². The number of hydrogen-bond donors (Lipinski definition) is 1. The Balaban J connectivity index is 1.86. The lowest BCUT2D eigenvalue weighted by Gasteiger charge is -2.13. The fourth-order valence-electron chi connectivity index (χ4n) is 2.62. The molecule has 0 aliphatic carbocycles. The number of rotatable bonds is 4. The molecule has 4 aromatic rings. The second-order valence-electron chi connectivity index (χ2n) is 5.56. The topological polar surface area (TPSA) is 76.5 Å². The van der Waals surface area contributed by atoms with Crippen LogP contribution >= 0.6 is 11.8 Å². The van der Waals surface area contributed by atoms with Gasteiger partial charge in [-0.25, -0.2) is 4.98 Å². The summed E-state index contributed by atoms with van der Waals surface area (Å²) in [7, 11) is 0. The molecular formula is C18H15N5OS. The van der Waals surface area contributed by atoms with Gasteiger partial charge in [0.05, 0.1) is 17.6 Å². The van der Waals surface area contributed by atoms with E-state index in [4.69, 9.17) is 0 Å². The third-order valence-electron chi connectivity index (χ3n) is 3.88. The van der Waals surface area contributed by atoms with E-state index in [2.05, 4.69) is 20.2 Å². The van der Waals surface area contributed by atoms with Crippen molar-refractivity contribution in [1.29, 1.82) is 0 Å². The first kappa shape index (κ1) is 15.6. The highest BCUT2D eigenvalue weighted by atomic mass is 32.2. The first-order valence-electron chi connectivity index (χ1n) is 7.79. The molecule has 6 nitrogen and oxygen atoms in total. The average molecular weight is 349 g/mol. The molecule has 4 rings (SSSR count). The Morgan fingerprint density at radius 3 is 2.80 bits per heavy atom. The summed E-state index contributed by atoms with van der Waals surface area (Å²) in [6.45, 7) is 1.98. The number of para-hydroxylation sites is 1. The van der Waals surface area contributed by atoms with Crippen LogP contribution in [0.4, 0.5) is 0 Å². The van der Waals surface area contributed by atoms with E-state index in [-0.39, 0.29) is 5.56 Å². The van der Waals surface area contributed by atoms with E-state index in [1.165, 1.54) is 18.0 Å². The van der Waals surface area contributed by atoms with Gasteiger partial charge in [-0.15, -0.1) is 0 Å². The summed E-state index contributed by atoms with van der Waals surface area (Å²) in [5.74, 6) is 0.624. The molecule has 0 amide bonds. The molecule has 1 N–H and O–H groups in total. The van der Waals surface area contributed by atoms with Crippen LogP contribution in [-0.4, -0.2) is 24.7 Å². The van der Waals surface area contributed by atoms with Crippen molar-refractivity contribution in [3.8, 4) is 5.69 Å². The van der Waals surface area contributed by atoms with Crippen LogP contribution in [0.2, 0.25) is 0 Å². The summed E-state index contributed by atoms with van der Waals surface area (Å²) >= 11 is 1.48. The molecule has 0 aliphatic rings. The molecule has 124 valence electrons. The number of nitrogens with zero attached hydrogens (tertiary/aromatic N) is 4. The summed E-state index contributed by atoms with van der Waals surface area (Å²) in [5.41, 5.74) is 3.14. The molecule has 0 radical (unpaired) electrons. The number of hydrogen-bond acceptors (Lipinski definition) is 5. The van der Waals surface area contributed by atoms with Crippen molar-refractivity contribution in [2.24, 2.45) is 0 Å². The van der Waals surface area contributed by atoms with Gasteiger partial charge in [0.1, 0.15) is 5.39 Å². The zero-order valence-electron chi connectivity index (χ0n) is 13.5. The van der Waals surface area contributed by atoms with Gasteiger partial charge in [0.15, 0.2) is 10.8 Å². The average Bonchev–Trinajstić information content (AvgIpc) is 3.11. The summed E-state index contributed by atoms with van der Waals surface area (Å²) in [4.78, 5) is 21.9. The van der Waals surface area contributed by atoms with E-state index in [1.807, 2.05) is 49.4 Å². The Kier molecular flexibility index (Phi) is 4.07. The zero-order valence-corrected chi connectivity index (χ0v) is 14.3. The van der Waals surface area contributed by atoms with Crippen molar-refractivity contribution < 1.29 is 0 Å². The van der Waals surface area contributed by atoms with Gasteiger partial charge in [0.2, 0.25) is 0 Å². The molecule has 0 spiro atoms. The number of pyridine rings is 1. The highest BCUT2D eigenvalue weighted by Crippen LogP contribution is 2.24. The van der Waals surface area contributed by atoms with Gasteiger partial charge in [-0.2, -0.15) is 5.10 Å². The maximum Gasteiger partial charge on any atom is 0.269 e. The van der Waals surface area contributed by atoms with Gasteiger partial charge in [0, 0.05) is 11.9 Å². The maximum atomic E-state index is 13.0. The minimum atomic E-state index is -0.128. The van der Waals surface area contributed by atoms with Gasteiger partial charge < -0.3 is 0 Å². The number of thioether (sulfide) groups is 1. The van der Waals surface area contributed by atoms with Gasteiger partial charge >= 0.3 is 0 Å². The molecule has 0 saturated heterocycles. The lowest BCUT2D eigenvalue weighted by atomic mass is 10.2. The summed E-state index contributed by atoms with van der Waals surface area (Å²) < 4.78 is 1.65. The van der Waals surface area contributed by atoms with Crippen LogP contribution in [-0.2, 0) is 5.75 Å². The second-order valence-corrected chi connectivity index (χ2v) is 6.51. The highest BCUT2D eigenvalue weighted by Gasteiger charge is 2.16. The largest absolute Gasteiger partial charge is 0.269 e. The molecule has 0 aliphatic heterocycles. The molecule has 0 fully saturated rings. The van der Waals surface area contributed by atoms with Gasteiger partial charge in [0.25, 0.3) is 5.56 Å². The summed E-state index contributed by atoms with van der Waals surface area (Å²) in [5, 5.41) is 7.84. The smallest absolute Gasteiger partial charge is 0.268 e. The van der Waals surface area contributed by atoms with Crippen LogP contribution in [0.25, 0.3) is 16.7 Å². The van der Waals surface area contributed by atoms with E-state index >= 15 is 0 Å². The number of benzene rings is 1. The fraction of sp³-hybridized carbons (Fsp3) is 0.111. The van der Waals surface area contributed by atoms with Crippen LogP contribution in [0.1, 0.15) is 11.3 Å². The van der Waals surface area contributed by atoms with Crippen molar-refractivity contribution in [1.82, 2.24) is 24.7 Å². The van der Waals surface area contributed by atoms with E-state index in [0.29, 0.717) is 21.9 Å². The quantitative estimate of drug-likeness (QED) is 0.452.